The van der Waals surface area contributed by atoms with Crippen LogP contribution in [0.1, 0.15) is 9.78 Å². The molecule has 0 spiro atoms. The fourth-order valence-electron chi connectivity index (χ4n) is 0. The van der Waals surface area contributed by atoms with E-state index in [-0.39, 0.29) is 25.9 Å². The molecule has 0 saturated heterocycles. The van der Waals surface area contributed by atoms with Gasteiger partial charge >= 0.3 is 23.1 Å². The molecule has 0 atom stereocenters. The van der Waals surface area contributed by atoms with E-state index >= 15 is 0 Å². The van der Waals surface area contributed by atoms with Crippen LogP contribution in [0.25, 0.3) is 0 Å². The second-order valence-electron chi connectivity index (χ2n) is 0.408. The summed E-state index contributed by atoms with van der Waals surface area (Å²) in [4.78, 5) is 0. The first-order valence-electron chi connectivity index (χ1n) is 1.12. The van der Waals surface area contributed by atoms with Crippen molar-refractivity contribution in [2.45, 2.75) is 13.2 Å². The topological polar surface area (TPSA) is 0 Å². The molecule has 0 nitrogen and oxygen atoms in total. The summed E-state index contributed by atoms with van der Waals surface area (Å²) in [6.07, 6.45) is 0.750. The average Bonchev–Trinajstić information content (AvgIpc) is 0.918. The van der Waals surface area contributed by atoms with Crippen LogP contribution in [0.3, 0.4) is 0 Å². The Kier molecular flexibility index (Phi) is 20.3. The Labute approximate surface area is 47.5 Å². The van der Waals surface area contributed by atoms with Gasteiger partial charge in [-0.1, -0.05) is 13.2 Å². The smallest absolute Gasteiger partial charge is 1.00 e. The molecular formula is C2H7BMg. The van der Waals surface area contributed by atoms with E-state index in [0.29, 0.717) is 0 Å². The van der Waals surface area contributed by atoms with Gasteiger partial charge in [-0.3, -0.25) is 0 Å². The zero-order valence-corrected chi connectivity index (χ0v) is 4.41. The molecule has 0 aromatic carbocycles. The van der Waals surface area contributed by atoms with Crippen molar-refractivity contribution in [3.05, 3.63) is 0 Å². The molecule has 0 N–H and O–H groups in total. The summed E-state index contributed by atoms with van der Waals surface area (Å²) in [6, 6.07) is 0. The van der Waals surface area contributed by atoms with Crippen LogP contribution < -0.4 is 0 Å². The Bertz CT molecular complexity index is 11.5. The summed E-state index contributed by atoms with van der Waals surface area (Å²) < 4.78 is 0. The second-order valence-corrected chi connectivity index (χ2v) is 0.408. The monoisotopic (exact) mass is 66.0 g/mol. The summed E-state index contributed by atoms with van der Waals surface area (Å²) in [5.74, 6) is 0. The summed E-state index contributed by atoms with van der Waals surface area (Å²) in [6.45, 7) is 1.90. The maximum Gasteiger partial charge on any atom is 2.00 e. The molecule has 2 radical (unpaired) electrons. The van der Waals surface area contributed by atoms with Crippen molar-refractivity contribution in [3.63, 3.8) is 0 Å². The molecule has 2 heteroatoms. The van der Waals surface area contributed by atoms with E-state index in [0.717, 1.165) is 6.32 Å². The third kappa shape index (κ3) is 13.7. The van der Waals surface area contributed by atoms with Gasteiger partial charge in [-0.25, -0.2) is 0 Å². The number of hydrogen-bond acceptors (Lipinski definition) is 0. The SMILES string of the molecule is [B]CC.[H-].[H-].[Mg+2]. The van der Waals surface area contributed by atoms with Gasteiger partial charge in [-0.05, 0) is 0 Å². The second kappa shape index (κ2) is 9.16. The quantitative estimate of drug-likeness (QED) is 0.360. The molecule has 0 aliphatic carbocycles. The van der Waals surface area contributed by atoms with Gasteiger partial charge in [-0.15, -0.1) is 0 Å². The molecule has 0 amide bonds. The molecule has 0 bridgehead atoms. The van der Waals surface area contributed by atoms with Crippen LogP contribution in [0.15, 0.2) is 0 Å². The van der Waals surface area contributed by atoms with Crippen molar-refractivity contribution in [2.24, 2.45) is 0 Å². The predicted molar refractivity (Wildman–Crippen MR) is 24.2 cm³/mol. The predicted octanol–water partition coefficient (Wildman–Crippen LogP) is 0.437. The summed E-state index contributed by atoms with van der Waals surface area (Å²) in [7, 11) is 4.85. The van der Waals surface area contributed by atoms with Gasteiger partial charge in [0.2, 0.25) is 0 Å². The summed E-state index contributed by atoms with van der Waals surface area (Å²) >= 11 is 0. The van der Waals surface area contributed by atoms with Crippen LogP contribution >= 0.6 is 0 Å². The first kappa shape index (κ1) is 8.85. The first-order valence-corrected chi connectivity index (χ1v) is 1.12. The van der Waals surface area contributed by atoms with Gasteiger partial charge in [-0.2, -0.15) is 0 Å². The van der Waals surface area contributed by atoms with Crippen LogP contribution in [0.2, 0.25) is 6.32 Å². The Morgan fingerprint density at radius 3 is 2.00 bits per heavy atom. The fraction of sp³-hybridized carbons (Fsp3) is 1.00. The Balaban J connectivity index is -0.00000000667. The molecule has 0 aliphatic heterocycles. The fourth-order valence-corrected chi connectivity index (χ4v) is 0. The minimum Gasteiger partial charge on any atom is -1.00 e. The van der Waals surface area contributed by atoms with E-state index in [1.54, 1.807) is 0 Å². The maximum absolute atomic E-state index is 4.85. The van der Waals surface area contributed by atoms with Gasteiger partial charge in [0.1, 0.15) is 0 Å². The van der Waals surface area contributed by atoms with Crippen molar-refractivity contribution >= 4 is 30.9 Å². The molecule has 0 fully saturated rings. The van der Waals surface area contributed by atoms with Crippen molar-refractivity contribution in [2.75, 3.05) is 0 Å². The third-order valence-corrected chi connectivity index (χ3v) is 0. The van der Waals surface area contributed by atoms with E-state index in [1.165, 1.54) is 0 Å². The molecule has 0 aromatic rings. The van der Waals surface area contributed by atoms with Gasteiger partial charge in [0.05, 0.1) is 7.85 Å². The standard InChI is InChI=1S/C2H5B.Mg.2H/c1-2-3;;;/h2H2,1H3;;;/q;+2;2*-1. The molecule has 0 aliphatic rings. The first-order chi connectivity index (χ1) is 1.41. The van der Waals surface area contributed by atoms with E-state index in [2.05, 4.69) is 0 Å². The third-order valence-electron chi connectivity index (χ3n) is 0. The van der Waals surface area contributed by atoms with Crippen LogP contribution in [0, 0.1) is 0 Å². The molecule has 0 saturated carbocycles. The van der Waals surface area contributed by atoms with E-state index < -0.39 is 0 Å². The van der Waals surface area contributed by atoms with Gasteiger partial charge < -0.3 is 2.85 Å². The normalized spacial score (nSPS) is 4.25. The molecule has 0 heterocycles. The largest absolute Gasteiger partial charge is 2.00 e. The summed E-state index contributed by atoms with van der Waals surface area (Å²) in [5, 5.41) is 0. The molecule has 20 valence electrons. The molecule has 4 heavy (non-hydrogen) atoms. The van der Waals surface area contributed by atoms with Crippen molar-refractivity contribution in [1.82, 2.24) is 0 Å². The Morgan fingerprint density at radius 2 is 2.00 bits per heavy atom. The van der Waals surface area contributed by atoms with Crippen molar-refractivity contribution in [3.8, 4) is 0 Å². The molecule has 0 rings (SSSR count). The summed E-state index contributed by atoms with van der Waals surface area (Å²) in [5.41, 5.74) is 0. The van der Waals surface area contributed by atoms with E-state index in [9.17, 15) is 0 Å². The number of hydrogen-bond donors (Lipinski definition) is 0. The molecular weight excluding hydrogens is 59.1 g/mol. The Morgan fingerprint density at radius 1 is 2.00 bits per heavy atom. The Hall–Kier alpha value is 0.831. The zero-order chi connectivity index (χ0) is 2.71. The van der Waals surface area contributed by atoms with Crippen LogP contribution in [-0.4, -0.2) is 30.9 Å². The zero-order valence-electron chi connectivity index (χ0n) is 4.99. The van der Waals surface area contributed by atoms with E-state index in [1.807, 2.05) is 6.92 Å². The van der Waals surface area contributed by atoms with E-state index in [4.69, 9.17) is 7.85 Å². The van der Waals surface area contributed by atoms with Gasteiger partial charge in [0, 0.05) is 0 Å². The van der Waals surface area contributed by atoms with Crippen molar-refractivity contribution in [1.29, 1.82) is 0 Å². The molecule has 0 unspecified atom stereocenters. The minimum absolute atomic E-state index is 0. The van der Waals surface area contributed by atoms with Crippen molar-refractivity contribution < 1.29 is 2.85 Å². The van der Waals surface area contributed by atoms with Crippen LogP contribution in [0.5, 0.6) is 0 Å². The average molecular weight is 66.2 g/mol. The maximum atomic E-state index is 4.85. The number of rotatable bonds is 0. The van der Waals surface area contributed by atoms with Gasteiger partial charge in [0.15, 0.2) is 0 Å². The minimum atomic E-state index is 0. The van der Waals surface area contributed by atoms with Gasteiger partial charge in [0.25, 0.3) is 0 Å². The van der Waals surface area contributed by atoms with Crippen LogP contribution in [-0.2, 0) is 0 Å². The molecule has 0 aromatic heterocycles. The van der Waals surface area contributed by atoms with Crippen LogP contribution in [0.4, 0.5) is 0 Å².